The van der Waals surface area contributed by atoms with Crippen molar-refractivity contribution >= 4 is 11.9 Å². The lowest BCUT2D eigenvalue weighted by Crippen LogP contribution is -2.35. The second kappa shape index (κ2) is 6.16. The Bertz CT molecular complexity index is 408. The Hall–Kier alpha value is -1.88. The van der Waals surface area contributed by atoms with E-state index in [9.17, 15) is 9.59 Å². The first kappa shape index (κ1) is 12.6. The van der Waals surface area contributed by atoms with Crippen molar-refractivity contribution in [3.63, 3.8) is 0 Å². The smallest absolute Gasteiger partial charge is 0.428 e. The zero-order valence-electron chi connectivity index (χ0n) is 10.0. The molecule has 0 spiro atoms. The zero-order valence-corrected chi connectivity index (χ0v) is 10.0. The highest BCUT2D eigenvalue weighted by atomic mass is 16.8. The van der Waals surface area contributed by atoms with Gasteiger partial charge in [0.1, 0.15) is 12.4 Å². The topological polar surface area (TPSA) is 55.8 Å². The van der Waals surface area contributed by atoms with Crippen LogP contribution >= 0.6 is 0 Å². The molecule has 0 bridgehead atoms. The van der Waals surface area contributed by atoms with Crippen LogP contribution in [0.2, 0.25) is 0 Å². The van der Waals surface area contributed by atoms with Crippen LogP contribution in [0.5, 0.6) is 0 Å². The van der Waals surface area contributed by atoms with Crippen molar-refractivity contribution in [1.29, 1.82) is 0 Å². The van der Waals surface area contributed by atoms with E-state index in [0.29, 0.717) is 25.9 Å². The number of nitrogens with zero attached hydrogens (tertiary/aromatic N) is 1. The Morgan fingerprint density at radius 2 is 1.83 bits per heavy atom. The van der Waals surface area contributed by atoms with E-state index in [0.717, 1.165) is 5.56 Å². The quantitative estimate of drug-likeness (QED) is 0.766. The Balaban J connectivity index is 1.71. The van der Waals surface area contributed by atoms with Gasteiger partial charge in [-0.15, -0.1) is 5.06 Å². The molecule has 0 aromatic heterocycles. The summed E-state index contributed by atoms with van der Waals surface area (Å²) in [5.74, 6) is 0.201. The first-order valence-corrected chi connectivity index (χ1v) is 5.89. The lowest BCUT2D eigenvalue weighted by molar-refractivity contribution is -0.151. The molecular formula is C13H15NO4. The van der Waals surface area contributed by atoms with Gasteiger partial charge in [0.15, 0.2) is 0 Å². The number of hydroxylamine groups is 2. The maximum absolute atomic E-state index is 11.4. The molecule has 1 aliphatic heterocycles. The lowest BCUT2D eigenvalue weighted by Gasteiger charge is -2.23. The SMILES string of the molecule is O=C1CCN(OC(=O)OCc2ccccc2)CC1. The number of carbonyl (C=O) groups is 2. The average molecular weight is 249 g/mol. The number of hydrogen-bond donors (Lipinski definition) is 0. The summed E-state index contributed by atoms with van der Waals surface area (Å²) >= 11 is 0. The standard InChI is InChI=1S/C13H15NO4/c15-12-6-8-14(9-7-12)18-13(16)17-10-11-4-2-1-3-5-11/h1-5H,6-10H2. The first-order valence-electron chi connectivity index (χ1n) is 5.89. The molecule has 0 amide bonds. The zero-order chi connectivity index (χ0) is 12.8. The van der Waals surface area contributed by atoms with E-state index in [1.54, 1.807) is 0 Å². The van der Waals surface area contributed by atoms with E-state index in [1.807, 2.05) is 30.3 Å². The lowest BCUT2D eigenvalue weighted by atomic mass is 10.1. The van der Waals surface area contributed by atoms with E-state index in [1.165, 1.54) is 5.06 Å². The maximum Gasteiger partial charge on any atom is 0.528 e. The number of ketones is 1. The van der Waals surface area contributed by atoms with Crippen molar-refractivity contribution in [3.05, 3.63) is 35.9 Å². The molecule has 0 atom stereocenters. The van der Waals surface area contributed by atoms with Gasteiger partial charge >= 0.3 is 6.16 Å². The normalized spacial score (nSPS) is 16.3. The van der Waals surface area contributed by atoms with E-state index < -0.39 is 6.16 Å². The van der Waals surface area contributed by atoms with Gasteiger partial charge in [0.2, 0.25) is 0 Å². The van der Waals surface area contributed by atoms with Gasteiger partial charge in [0.05, 0.1) is 0 Å². The summed E-state index contributed by atoms with van der Waals surface area (Å²) < 4.78 is 4.97. The maximum atomic E-state index is 11.4. The minimum atomic E-state index is -0.729. The molecule has 0 N–H and O–H groups in total. The Morgan fingerprint density at radius 1 is 1.17 bits per heavy atom. The highest BCUT2D eigenvalue weighted by Gasteiger charge is 2.20. The van der Waals surface area contributed by atoms with E-state index in [2.05, 4.69) is 0 Å². The van der Waals surface area contributed by atoms with Crippen LogP contribution in [0.25, 0.3) is 0 Å². The molecule has 1 heterocycles. The van der Waals surface area contributed by atoms with Crippen LogP contribution in [0, 0.1) is 0 Å². The van der Waals surface area contributed by atoms with Gasteiger partial charge < -0.3 is 9.57 Å². The molecule has 0 saturated carbocycles. The number of piperidine rings is 1. The molecule has 18 heavy (non-hydrogen) atoms. The highest BCUT2D eigenvalue weighted by molar-refractivity contribution is 5.79. The summed E-state index contributed by atoms with van der Waals surface area (Å²) in [4.78, 5) is 27.4. The van der Waals surface area contributed by atoms with Crippen LogP contribution in [-0.2, 0) is 21.0 Å². The van der Waals surface area contributed by atoms with Gasteiger partial charge in [0.25, 0.3) is 0 Å². The summed E-state index contributed by atoms with van der Waals surface area (Å²) in [6, 6.07) is 9.38. The summed E-state index contributed by atoms with van der Waals surface area (Å²) in [5.41, 5.74) is 0.906. The van der Waals surface area contributed by atoms with Crippen LogP contribution in [-0.4, -0.2) is 30.1 Å². The van der Waals surface area contributed by atoms with E-state index in [4.69, 9.17) is 9.57 Å². The number of carbonyl (C=O) groups excluding carboxylic acids is 2. The monoisotopic (exact) mass is 249 g/mol. The molecule has 5 heteroatoms. The average Bonchev–Trinajstić information content (AvgIpc) is 2.40. The van der Waals surface area contributed by atoms with Gasteiger partial charge in [0, 0.05) is 25.9 Å². The van der Waals surface area contributed by atoms with Crippen LogP contribution in [0.3, 0.4) is 0 Å². The first-order chi connectivity index (χ1) is 8.74. The van der Waals surface area contributed by atoms with Crippen molar-refractivity contribution in [1.82, 2.24) is 5.06 Å². The second-order valence-corrected chi connectivity index (χ2v) is 4.08. The third kappa shape index (κ3) is 3.85. The van der Waals surface area contributed by atoms with Gasteiger partial charge in [-0.2, -0.15) is 0 Å². The third-order valence-electron chi connectivity index (χ3n) is 2.68. The van der Waals surface area contributed by atoms with Crippen molar-refractivity contribution in [2.75, 3.05) is 13.1 Å². The van der Waals surface area contributed by atoms with Crippen LogP contribution < -0.4 is 0 Å². The summed E-state index contributed by atoms with van der Waals surface area (Å²) in [6.07, 6.45) is 0.117. The number of Topliss-reactive ketones (excluding diaryl/α,β-unsaturated/α-hetero) is 1. The van der Waals surface area contributed by atoms with Crippen LogP contribution in [0.4, 0.5) is 4.79 Å². The molecule has 0 aliphatic carbocycles. The van der Waals surface area contributed by atoms with Gasteiger partial charge in [-0.25, -0.2) is 4.79 Å². The molecule has 1 aliphatic rings. The fraction of sp³-hybridized carbons (Fsp3) is 0.385. The predicted octanol–water partition coefficient (Wildman–Crippen LogP) is 1.92. The molecular weight excluding hydrogens is 234 g/mol. The Morgan fingerprint density at radius 3 is 2.50 bits per heavy atom. The van der Waals surface area contributed by atoms with Crippen molar-refractivity contribution < 1.29 is 19.2 Å². The van der Waals surface area contributed by atoms with Gasteiger partial charge in [-0.05, 0) is 5.56 Å². The van der Waals surface area contributed by atoms with Crippen molar-refractivity contribution in [2.45, 2.75) is 19.4 Å². The molecule has 0 radical (unpaired) electrons. The minimum Gasteiger partial charge on any atom is -0.428 e. The molecule has 96 valence electrons. The molecule has 2 rings (SSSR count). The molecule has 1 fully saturated rings. The molecule has 1 saturated heterocycles. The predicted molar refractivity (Wildman–Crippen MR) is 63.5 cm³/mol. The van der Waals surface area contributed by atoms with Crippen molar-refractivity contribution in [3.8, 4) is 0 Å². The molecule has 0 unspecified atom stereocenters. The summed E-state index contributed by atoms with van der Waals surface area (Å²) in [7, 11) is 0. The van der Waals surface area contributed by atoms with E-state index in [-0.39, 0.29) is 12.4 Å². The largest absolute Gasteiger partial charge is 0.528 e. The highest BCUT2D eigenvalue weighted by Crippen LogP contribution is 2.08. The Kier molecular flexibility index (Phi) is 4.30. The number of rotatable bonds is 3. The third-order valence-corrected chi connectivity index (χ3v) is 2.68. The van der Waals surface area contributed by atoms with Crippen LogP contribution in [0.1, 0.15) is 18.4 Å². The number of ether oxygens (including phenoxy) is 1. The van der Waals surface area contributed by atoms with Crippen LogP contribution in [0.15, 0.2) is 30.3 Å². The van der Waals surface area contributed by atoms with Gasteiger partial charge in [-0.3, -0.25) is 4.79 Å². The number of hydrogen-bond acceptors (Lipinski definition) is 5. The Labute approximate surface area is 105 Å². The molecule has 1 aromatic rings. The fourth-order valence-electron chi connectivity index (χ4n) is 1.68. The summed E-state index contributed by atoms with van der Waals surface area (Å²) in [5, 5.41) is 1.47. The fourth-order valence-corrected chi connectivity index (χ4v) is 1.68. The second-order valence-electron chi connectivity index (χ2n) is 4.08. The summed E-state index contributed by atoms with van der Waals surface area (Å²) in [6.45, 7) is 1.07. The minimum absolute atomic E-state index is 0.187. The van der Waals surface area contributed by atoms with E-state index >= 15 is 0 Å². The number of benzene rings is 1. The van der Waals surface area contributed by atoms with Crippen molar-refractivity contribution in [2.24, 2.45) is 0 Å². The van der Waals surface area contributed by atoms with Gasteiger partial charge in [-0.1, -0.05) is 30.3 Å². The molecule has 1 aromatic carbocycles. The molecule has 5 nitrogen and oxygen atoms in total.